The van der Waals surface area contributed by atoms with E-state index in [9.17, 15) is 14.7 Å². The number of anilines is 1. The number of aromatic nitrogens is 2. The maximum atomic E-state index is 13.4. The lowest BCUT2D eigenvalue weighted by Gasteiger charge is -2.38. The number of nitrogens with zero attached hydrogens (tertiary/aromatic N) is 1. The summed E-state index contributed by atoms with van der Waals surface area (Å²) in [5.74, 6) is 0.812. The second kappa shape index (κ2) is 8.92. The number of nitrogens with one attached hydrogen (secondary N) is 2. The Balaban J connectivity index is 1.62. The van der Waals surface area contributed by atoms with Gasteiger partial charge in [0.15, 0.2) is 22.4 Å². The van der Waals surface area contributed by atoms with Crippen LogP contribution in [0.25, 0.3) is 0 Å². The van der Waals surface area contributed by atoms with Gasteiger partial charge in [-0.2, -0.15) is 0 Å². The first kappa shape index (κ1) is 23.2. The molecule has 0 saturated heterocycles. The molecule has 35 heavy (non-hydrogen) atoms. The molecule has 2 heterocycles. The van der Waals surface area contributed by atoms with Crippen molar-refractivity contribution in [2.75, 3.05) is 12.4 Å². The number of aromatic hydroxyl groups is 1. The highest BCUT2D eigenvalue weighted by Crippen LogP contribution is 2.48. The number of phenolic OH excluding ortho intramolecular Hbond substituents is 1. The van der Waals surface area contributed by atoms with Crippen molar-refractivity contribution in [3.8, 4) is 11.5 Å². The molecule has 2 aliphatic rings. The average molecular weight is 490 g/mol. The van der Waals surface area contributed by atoms with Crippen LogP contribution in [0.3, 0.4) is 0 Å². The number of fused-ring (bicyclic) bond motifs is 1. The lowest BCUT2D eigenvalue weighted by Crippen LogP contribution is -2.37. The molecule has 8 heteroatoms. The van der Waals surface area contributed by atoms with Gasteiger partial charge in [0.1, 0.15) is 5.82 Å². The van der Waals surface area contributed by atoms with Crippen LogP contribution in [-0.2, 0) is 10.5 Å². The summed E-state index contributed by atoms with van der Waals surface area (Å²) in [6.07, 6.45) is 1.06. The van der Waals surface area contributed by atoms with Crippen molar-refractivity contribution >= 4 is 23.4 Å². The Morgan fingerprint density at radius 1 is 1.14 bits per heavy atom. The zero-order valence-corrected chi connectivity index (χ0v) is 20.7. The van der Waals surface area contributed by atoms with Crippen molar-refractivity contribution in [3.05, 3.63) is 86.8 Å². The third kappa shape index (κ3) is 4.46. The van der Waals surface area contributed by atoms with E-state index in [1.54, 1.807) is 12.1 Å². The van der Waals surface area contributed by atoms with E-state index in [1.807, 2.05) is 30.3 Å². The molecule has 3 aromatic rings. The van der Waals surface area contributed by atoms with Crippen LogP contribution < -0.4 is 15.6 Å². The predicted octanol–water partition coefficient (Wildman–Crippen LogP) is 4.98. The number of thioether (sulfide) groups is 1. The summed E-state index contributed by atoms with van der Waals surface area (Å²) in [7, 11) is 1.47. The molecule has 1 aromatic heterocycles. The summed E-state index contributed by atoms with van der Waals surface area (Å²) in [6.45, 7) is 4.13. The minimum atomic E-state index is -0.608. The second-order valence-electron chi connectivity index (χ2n) is 9.73. The molecule has 0 amide bonds. The molecule has 2 aromatic carbocycles. The van der Waals surface area contributed by atoms with Crippen LogP contribution >= 0.6 is 11.8 Å². The van der Waals surface area contributed by atoms with Crippen LogP contribution in [0.15, 0.2) is 69.8 Å². The van der Waals surface area contributed by atoms with Gasteiger partial charge in [0.2, 0.25) is 0 Å². The number of benzene rings is 2. The summed E-state index contributed by atoms with van der Waals surface area (Å²) in [5.41, 5.74) is 3.11. The molecule has 7 nitrogen and oxygen atoms in total. The molecule has 1 aliphatic carbocycles. The van der Waals surface area contributed by atoms with Crippen LogP contribution in [-0.4, -0.2) is 28.0 Å². The first-order valence-corrected chi connectivity index (χ1v) is 12.5. The maximum Gasteiger partial charge on any atom is 0.257 e. The zero-order valence-electron chi connectivity index (χ0n) is 19.8. The van der Waals surface area contributed by atoms with Gasteiger partial charge in [-0.05, 0) is 35.1 Å². The molecule has 0 unspecified atom stereocenters. The van der Waals surface area contributed by atoms with Crippen molar-refractivity contribution in [2.24, 2.45) is 5.41 Å². The van der Waals surface area contributed by atoms with Crippen LogP contribution in [0.2, 0.25) is 0 Å². The number of hydrogen-bond donors (Lipinski definition) is 3. The van der Waals surface area contributed by atoms with Crippen LogP contribution in [0.1, 0.15) is 49.3 Å². The topological polar surface area (TPSA) is 104 Å². The highest BCUT2D eigenvalue weighted by molar-refractivity contribution is 7.98. The van der Waals surface area contributed by atoms with Gasteiger partial charge < -0.3 is 20.1 Å². The van der Waals surface area contributed by atoms with Gasteiger partial charge in [-0.1, -0.05) is 62.0 Å². The van der Waals surface area contributed by atoms with Gasteiger partial charge in [0, 0.05) is 29.4 Å². The van der Waals surface area contributed by atoms with E-state index in [0.29, 0.717) is 46.3 Å². The van der Waals surface area contributed by atoms with Crippen molar-refractivity contribution in [1.29, 1.82) is 0 Å². The maximum absolute atomic E-state index is 13.4. The number of ketones is 1. The third-order valence-electron chi connectivity index (χ3n) is 6.46. The van der Waals surface area contributed by atoms with Gasteiger partial charge in [-0.15, -0.1) is 0 Å². The molecule has 1 aliphatic heterocycles. The fourth-order valence-corrected chi connectivity index (χ4v) is 5.71. The summed E-state index contributed by atoms with van der Waals surface area (Å²) >= 11 is 1.45. The number of carbonyl (C=O) groups excluding carboxylic acids is 1. The number of phenols is 1. The summed E-state index contributed by atoms with van der Waals surface area (Å²) in [4.78, 5) is 34.5. The first-order valence-electron chi connectivity index (χ1n) is 11.5. The lowest BCUT2D eigenvalue weighted by atomic mass is 9.69. The number of ether oxygens (including phenoxy) is 1. The Morgan fingerprint density at radius 2 is 1.91 bits per heavy atom. The van der Waals surface area contributed by atoms with Crippen molar-refractivity contribution in [3.63, 3.8) is 0 Å². The van der Waals surface area contributed by atoms with E-state index in [-0.39, 0.29) is 28.3 Å². The first-order chi connectivity index (χ1) is 16.8. The normalized spacial score (nSPS) is 18.5. The number of rotatable bonds is 5. The van der Waals surface area contributed by atoms with E-state index < -0.39 is 5.92 Å². The van der Waals surface area contributed by atoms with E-state index in [2.05, 4.69) is 24.1 Å². The number of carbonyl (C=O) groups is 1. The predicted molar refractivity (Wildman–Crippen MR) is 136 cm³/mol. The summed E-state index contributed by atoms with van der Waals surface area (Å²) in [5, 5.41) is 14.0. The minimum Gasteiger partial charge on any atom is -0.504 e. The molecule has 0 saturated carbocycles. The van der Waals surface area contributed by atoms with E-state index in [0.717, 1.165) is 11.3 Å². The monoisotopic (exact) mass is 489 g/mol. The Kier molecular flexibility index (Phi) is 5.92. The van der Waals surface area contributed by atoms with Gasteiger partial charge in [-0.3, -0.25) is 9.59 Å². The van der Waals surface area contributed by atoms with E-state index >= 15 is 0 Å². The summed E-state index contributed by atoms with van der Waals surface area (Å²) < 4.78 is 5.31. The highest BCUT2D eigenvalue weighted by Gasteiger charge is 2.42. The highest BCUT2D eigenvalue weighted by atomic mass is 32.2. The average Bonchev–Trinajstić information content (AvgIpc) is 2.81. The van der Waals surface area contributed by atoms with Gasteiger partial charge in [0.05, 0.1) is 12.7 Å². The molecule has 1 atom stereocenters. The van der Waals surface area contributed by atoms with Crippen molar-refractivity contribution in [2.45, 2.75) is 43.5 Å². The van der Waals surface area contributed by atoms with Crippen LogP contribution in [0, 0.1) is 5.41 Å². The SMILES string of the molecule is COc1cc([C@H]2C3=C(CC(C)(C)CC3=O)Nc3nc(SCc4ccccc4)[nH]c(=O)c32)ccc1O. The Bertz CT molecular complexity index is 1400. The number of allylic oxidation sites excluding steroid dienone is 2. The molecule has 3 N–H and O–H groups in total. The smallest absolute Gasteiger partial charge is 0.257 e. The molecule has 0 fully saturated rings. The quantitative estimate of drug-likeness (QED) is 0.343. The fourth-order valence-electron chi connectivity index (χ4n) is 4.89. The number of hydrogen-bond acceptors (Lipinski definition) is 7. The molecular formula is C27H27N3O4S. The molecule has 0 spiro atoms. The summed E-state index contributed by atoms with van der Waals surface area (Å²) in [6, 6.07) is 14.9. The number of Topliss-reactive ketones (excluding diaryl/α,β-unsaturated/α-hetero) is 1. The third-order valence-corrected chi connectivity index (χ3v) is 7.40. The fraction of sp³-hybridized carbons (Fsp3) is 0.296. The van der Waals surface area contributed by atoms with Crippen molar-refractivity contribution in [1.82, 2.24) is 9.97 Å². The Labute approximate surface area is 207 Å². The van der Waals surface area contributed by atoms with E-state index in [4.69, 9.17) is 9.72 Å². The van der Waals surface area contributed by atoms with Crippen molar-refractivity contribution < 1.29 is 14.6 Å². The van der Waals surface area contributed by atoms with Gasteiger partial charge >= 0.3 is 0 Å². The minimum absolute atomic E-state index is 0.00425. The molecular weight excluding hydrogens is 462 g/mol. The lowest BCUT2D eigenvalue weighted by molar-refractivity contribution is -0.118. The zero-order chi connectivity index (χ0) is 24.7. The molecule has 180 valence electrons. The van der Waals surface area contributed by atoms with E-state index in [1.165, 1.54) is 24.9 Å². The molecule has 0 bridgehead atoms. The van der Waals surface area contributed by atoms with Gasteiger partial charge in [-0.25, -0.2) is 4.98 Å². The number of aromatic amines is 1. The Morgan fingerprint density at radius 3 is 2.66 bits per heavy atom. The van der Waals surface area contributed by atoms with Gasteiger partial charge in [0.25, 0.3) is 5.56 Å². The molecule has 5 rings (SSSR count). The molecule has 0 radical (unpaired) electrons. The Hall–Kier alpha value is -3.52. The standard InChI is InChI=1S/C27H27N3O4S/c1-27(2)12-17-22(19(32)13-27)21(16-9-10-18(31)20(11-16)34-3)23-24(28-17)29-26(30-25(23)33)35-14-15-7-5-4-6-8-15/h4-11,21,31H,12-14H2,1-3H3,(H2,28,29,30,33)/t21-/m0/s1. The van der Waals surface area contributed by atoms with Crippen LogP contribution in [0.5, 0.6) is 11.5 Å². The second-order valence-corrected chi connectivity index (χ2v) is 10.7. The largest absolute Gasteiger partial charge is 0.504 e. The number of H-pyrrole nitrogens is 1. The van der Waals surface area contributed by atoms with Crippen LogP contribution in [0.4, 0.5) is 5.82 Å². The number of methoxy groups -OCH3 is 1.